The molecule has 0 radical (unpaired) electrons. The third-order valence-corrected chi connectivity index (χ3v) is 4.00. The second-order valence-electron chi connectivity index (χ2n) is 5.15. The Morgan fingerprint density at radius 1 is 1.33 bits per heavy atom. The van der Waals surface area contributed by atoms with E-state index in [2.05, 4.69) is 30.3 Å². The Hall–Kier alpha value is -1.33. The Balaban J connectivity index is 2.15. The number of fused-ring (bicyclic) bond motifs is 1. The lowest BCUT2D eigenvalue weighted by atomic mass is 9.68. The molecular weight excluding hydrogens is 222 g/mol. The molecular formula is C16H21NO. The van der Waals surface area contributed by atoms with Gasteiger partial charge in [-0.25, -0.2) is 0 Å². The fourth-order valence-corrected chi connectivity index (χ4v) is 3.03. The minimum absolute atomic E-state index is 0.247. The van der Waals surface area contributed by atoms with Gasteiger partial charge in [-0.15, -0.1) is 0 Å². The Morgan fingerprint density at radius 2 is 2.17 bits per heavy atom. The summed E-state index contributed by atoms with van der Waals surface area (Å²) < 4.78 is 5.08. The van der Waals surface area contributed by atoms with Gasteiger partial charge in [-0.3, -0.25) is 0 Å². The summed E-state index contributed by atoms with van der Waals surface area (Å²) in [6.07, 6.45) is 6.34. The van der Waals surface area contributed by atoms with Gasteiger partial charge in [-0.05, 0) is 49.7 Å². The van der Waals surface area contributed by atoms with Crippen LogP contribution < -0.4 is 0 Å². The van der Waals surface area contributed by atoms with E-state index in [4.69, 9.17) is 4.74 Å². The summed E-state index contributed by atoms with van der Waals surface area (Å²) in [6, 6.07) is 11.1. The van der Waals surface area contributed by atoms with Crippen LogP contribution in [0.3, 0.4) is 0 Å². The average molecular weight is 243 g/mol. The fourth-order valence-electron chi connectivity index (χ4n) is 3.03. The first-order valence-corrected chi connectivity index (χ1v) is 6.81. The number of aryl methyl sites for hydroxylation is 1. The highest BCUT2D eigenvalue weighted by molar-refractivity contribution is 5.41. The zero-order valence-electron chi connectivity index (χ0n) is 11.1. The molecule has 18 heavy (non-hydrogen) atoms. The van der Waals surface area contributed by atoms with Crippen LogP contribution in [0, 0.1) is 11.3 Å². The predicted octanol–water partition coefficient (Wildman–Crippen LogP) is 3.60. The molecule has 1 aromatic rings. The van der Waals surface area contributed by atoms with Crippen molar-refractivity contribution in [3.8, 4) is 6.07 Å². The second-order valence-corrected chi connectivity index (χ2v) is 5.15. The van der Waals surface area contributed by atoms with Crippen molar-refractivity contribution >= 4 is 0 Å². The summed E-state index contributed by atoms with van der Waals surface area (Å²) in [4.78, 5) is 0. The van der Waals surface area contributed by atoms with Gasteiger partial charge in [0.15, 0.2) is 0 Å². The van der Waals surface area contributed by atoms with Crippen LogP contribution in [-0.2, 0) is 16.6 Å². The van der Waals surface area contributed by atoms with Gasteiger partial charge in [-0.1, -0.05) is 24.3 Å². The average Bonchev–Trinajstić information content (AvgIpc) is 2.44. The third kappa shape index (κ3) is 2.57. The highest BCUT2D eigenvalue weighted by Gasteiger charge is 2.35. The lowest BCUT2D eigenvalue weighted by molar-refractivity contribution is 0.189. The number of ether oxygens (including phenoxy) is 1. The van der Waals surface area contributed by atoms with Gasteiger partial charge in [0.05, 0.1) is 11.5 Å². The molecule has 0 aliphatic heterocycles. The van der Waals surface area contributed by atoms with E-state index < -0.39 is 0 Å². The molecule has 0 N–H and O–H groups in total. The molecule has 0 aromatic heterocycles. The van der Waals surface area contributed by atoms with Crippen LogP contribution in [0.15, 0.2) is 24.3 Å². The maximum atomic E-state index is 9.66. The van der Waals surface area contributed by atoms with E-state index in [1.807, 2.05) is 0 Å². The summed E-state index contributed by atoms with van der Waals surface area (Å²) in [7, 11) is 1.73. The largest absolute Gasteiger partial charge is 0.385 e. The number of nitrogens with zero attached hydrogens (tertiary/aromatic N) is 1. The van der Waals surface area contributed by atoms with E-state index in [0.717, 1.165) is 45.1 Å². The minimum Gasteiger partial charge on any atom is -0.385 e. The highest BCUT2D eigenvalue weighted by Crippen LogP contribution is 2.40. The van der Waals surface area contributed by atoms with Gasteiger partial charge in [0.25, 0.3) is 0 Å². The van der Waals surface area contributed by atoms with Gasteiger partial charge in [0.2, 0.25) is 0 Å². The molecule has 0 saturated carbocycles. The zero-order valence-corrected chi connectivity index (χ0v) is 11.1. The maximum Gasteiger partial charge on any atom is 0.0825 e. The van der Waals surface area contributed by atoms with Crippen molar-refractivity contribution in [1.82, 2.24) is 0 Å². The van der Waals surface area contributed by atoms with Crippen LogP contribution in [-0.4, -0.2) is 13.7 Å². The number of methoxy groups -OCH3 is 1. The molecule has 2 nitrogen and oxygen atoms in total. The summed E-state index contributed by atoms with van der Waals surface area (Å²) >= 11 is 0. The van der Waals surface area contributed by atoms with Crippen molar-refractivity contribution in [2.45, 2.75) is 43.9 Å². The molecule has 96 valence electrons. The summed E-state index contributed by atoms with van der Waals surface area (Å²) in [5, 5.41) is 9.66. The molecule has 1 aliphatic carbocycles. The Morgan fingerprint density at radius 3 is 2.94 bits per heavy atom. The molecule has 2 heteroatoms. The van der Waals surface area contributed by atoms with Crippen molar-refractivity contribution in [3.63, 3.8) is 0 Å². The lowest BCUT2D eigenvalue weighted by Crippen LogP contribution is -2.29. The maximum absolute atomic E-state index is 9.66. The smallest absolute Gasteiger partial charge is 0.0825 e. The number of nitriles is 1. The quantitative estimate of drug-likeness (QED) is 0.740. The number of hydrogen-bond donors (Lipinski definition) is 0. The number of hydrogen-bond acceptors (Lipinski definition) is 2. The molecule has 1 aromatic carbocycles. The zero-order chi connectivity index (χ0) is 12.8. The molecule has 2 rings (SSSR count). The van der Waals surface area contributed by atoms with Gasteiger partial charge >= 0.3 is 0 Å². The molecule has 0 saturated heterocycles. The van der Waals surface area contributed by atoms with Crippen LogP contribution in [0.1, 0.15) is 43.2 Å². The first-order chi connectivity index (χ1) is 8.82. The topological polar surface area (TPSA) is 33.0 Å². The number of unbranched alkanes of at least 4 members (excludes halogenated alkanes) is 1. The van der Waals surface area contributed by atoms with Gasteiger partial charge in [-0.2, -0.15) is 5.26 Å². The molecule has 0 bridgehead atoms. The Labute approximate surface area is 110 Å². The van der Waals surface area contributed by atoms with Crippen LogP contribution in [0.4, 0.5) is 0 Å². The Kier molecular flexibility index (Phi) is 4.38. The van der Waals surface area contributed by atoms with E-state index in [9.17, 15) is 5.26 Å². The van der Waals surface area contributed by atoms with E-state index in [-0.39, 0.29) is 5.41 Å². The van der Waals surface area contributed by atoms with Crippen molar-refractivity contribution in [2.75, 3.05) is 13.7 Å². The minimum atomic E-state index is -0.247. The molecule has 0 spiro atoms. The van der Waals surface area contributed by atoms with E-state index in [1.54, 1.807) is 7.11 Å². The standard InChI is InChI=1S/C16H21NO/c1-18-12-5-4-10-16(13-17)11-6-8-14-7-2-3-9-15(14)16/h2-3,7,9H,4-6,8,10-12H2,1H3. The summed E-state index contributed by atoms with van der Waals surface area (Å²) in [6.45, 7) is 0.795. The molecule has 0 amide bonds. The van der Waals surface area contributed by atoms with Crippen molar-refractivity contribution in [1.29, 1.82) is 5.26 Å². The fraction of sp³-hybridized carbons (Fsp3) is 0.562. The van der Waals surface area contributed by atoms with Crippen molar-refractivity contribution in [2.24, 2.45) is 0 Å². The van der Waals surface area contributed by atoms with Gasteiger partial charge in [0, 0.05) is 13.7 Å². The molecule has 0 fully saturated rings. The molecule has 0 heterocycles. The number of benzene rings is 1. The predicted molar refractivity (Wildman–Crippen MR) is 72.4 cm³/mol. The van der Waals surface area contributed by atoms with Crippen molar-refractivity contribution in [3.05, 3.63) is 35.4 Å². The third-order valence-electron chi connectivity index (χ3n) is 4.00. The monoisotopic (exact) mass is 243 g/mol. The van der Waals surface area contributed by atoms with Gasteiger partial charge < -0.3 is 4.74 Å². The van der Waals surface area contributed by atoms with Crippen LogP contribution in [0.5, 0.6) is 0 Å². The van der Waals surface area contributed by atoms with Crippen LogP contribution in [0.2, 0.25) is 0 Å². The molecule has 1 atom stereocenters. The highest BCUT2D eigenvalue weighted by atomic mass is 16.5. The van der Waals surface area contributed by atoms with Gasteiger partial charge in [0.1, 0.15) is 0 Å². The molecule has 1 aliphatic rings. The SMILES string of the molecule is COCCCCC1(C#N)CCCc2ccccc21. The normalized spacial score (nSPS) is 22.2. The van der Waals surface area contributed by atoms with E-state index in [1.165, 1.54) is 11.1 Å². The Bertz CT molecular complexity index is 435. The van der Waals surface area contributed by atoms with Crippen LogP contribution in [0.25, 0.3) is 0 Å². The van der Waals surface area contributed by atoms with Crippen LogP contribution >= 0.6 is 0 Å². The summed E-state index contributed by atoms with van der Waals surface area (Å²) in [5.41, 5.74) is 2.40. The first kappa shape index (κ1) is 13.1. The number of rotatable bonds is 5. The van der Waals surface area contributed by atoms with E-state index >= 15 is 0 Å². The lowest BCUT2D eigenvalue weighted by Gasteiger charge is -2.33. The van der Waals surface area contributed by atoms with E-state index in [0.29, 0.717) is 0 Å². The summed E-state index contributed by atoms with van der Waals surface area (Å²) in [5.74, 6) is 0. The van der Waals surface area contributed by atoms with Crippen molar-refractivity contribution < 1.29 is 4.74 Å². The molecule has 1 unspecified atom stereocenters. The first-order valence-electron chi connectivity index (χ1n) is 6.81. The second kappa shape index (κ2) is 6.02.